The van der Waals surface area contributed by atoms with Crippen LogP contribution in [0.25, 0.3) is 22.8 Å². The molecule has 0 radical (unpaired) electrons. The molecular formula is C16H12N2O3. The van der Waals surface area contributed by atoms with Crippen LogP contribution in [-0.4, -0.2) is 21.9 Å². The second kappa shape index (κ2) is 4.63. The number of aromatic nitrogens is 2. The first-order chi connectivity index (χ1) is 10.3. The number of phenolic OH excluding ortho intramolecular Hbond substituents is 1. The summed E-state index contributed by atoms with van der Waals surface area (Å²) in [4.78, 5) is 4.39. The summed E-state index contributed by atoms with van der Waals surface area (Å²) in [6, 6.07) is 12.6. The van der Waals surface area contributed by atoms with Gasteiger partial charge in [0, 0.05) is 17.5 Å². The molecule has 4 rings (SSSR count). The van der Waals surface area contributed by atoms with Crippen LogP contribution in [0.15, 0.2) is 47.0 Å². The summed E-state index contributed by atoms with van der Waals surface area (Å²) in [5.74, 6) is 2.01. The summed E-state index contributed by atoms with van der Waals surface area (Å²) in [6.07, 6.45) is 0.900. The second-order valence-electron chi connectivity index (χ2n) is 4.89. The van der Waals surface area contributed by atoms with Crippen molar-refractivity contribution in [2.45, 2.75) is 6.42 Å². The Morgan fingerprint density at radius 3 is 2.90 bits per heavy atom. The van der Waals surface area contributed by atoms with E-state index in [0.29, 0.717) is 11.7 Å². The molecule has 104 valence electrons. The van der Waals surface area contributed by atoms with Crippen LogP contribution in [0.4, 0.5) is 0 Å². The van der Waals surface area contributed by atoms with Crippen molar-refractivity contribution in [2.75, 3.05) is 6.61 Å². The standard InChI is InChI=1S/C16H12N2O3/c19-13-3-1-2-11(9-13)15-17-16(21-18-15)12-4-5-14-10(8-12)6-7-20-14/h1-5,8-9,19H,6-7H2. The van der Waals surface area contributed by atoms with Gasteiger partial charge in [0.25, 0.3) is 5.89 Å². The molecule has 2 heterocycles. The third-order valence-electron chi connectivity index (χ3n) is 3.47. The fraction of sp³-hybridized carbons (Fsp3) is 0.125. The van der Waals surface area contributed by atoms with Gasteiger partial charge in [-0.2, -0.15) is 4.98 Å². The Balaban J connectivity index is 1.71. The summed E-state index contributed by atoms with van der Waals surface area (Å²) in [6.45, 7) is 0.719. The lowest BCUT2D eigenvalue weighted by Crippen LogP contribution is -1.85. The molecule has 0 spiro atoms. The molecule has 1 N–H and O–H groups in total. The van der Waals surface area contributed by atoms with Gasteiger partial charge in [-0.3, -0.25) is 0 Å². The molecule has 0 unspecified atom stereocenters. The van der Waals surface area contributed by atoms with E-state index in [9.17, 15) is 5.11 Å². The third kappa shape index (κ3) is 2.12. The zero-order valence-corrected chi connectivity index (χ0v) is 11.1. The predicted molar refractivity (Wildman–Crippen MR) is 76.0 cm³/mol. The van der Waals surface area contributed by atoms with Crippen molar-refractivity contribution in [3.63, 3.8) is 0 Å². The number of hydrogen-bond donors (Lipinski definition) is 1. The van der Waals surface area contributed by atoms with Crippen molar-refractivity contribution in [2.24, 2.45) is 0 Å². The number of nitrogens with zero attached hydrogens (tertiary/aromatic N) is 2. The lowest BCUT2D eigenvalue weighted by molar-refractivity contribution is 0.357. The fourth-order valence-corrected chi connectivity index (χ4v) is 2.42. The van der Waals surface area contributed by atoms with Crippen LogP contribution in [-0.2, 0) is 6.42 Å². The third-order valence-corrected chi connectivity index (χ3v) is 3.47. The summed E-state index contributed by atoms with van der Waals surface area (Å²) >= 11 is 0. The van der Waals surface area contributed by atoms with Gasteiger partial charge in [-0.15, -0.1) is 0 Å². The smallest absolute Gasteiger partial charge is 0.258 e. The molecule has 21 heavy (non-hydrogen) atoms. The van der Waals surface area contributed by atoms with Crippen LogP contribution in [0, 0.1) is 0 Å². The first-order valence-corrected chi connectivity index (χ1v) is 6.69. The molecule has 0 bridgehead atoms. The van der Waals surface area contributed by atoms with Gasteiger partial charge in [0.05, 0.1) is 6.61 Å². The largest absolute Gasteiger partial charge is 0.508 e. The SMILES string of the molecule is Oc1cccc(-c2noc(-c3ccc4c(c3)CCO4)n2)c1. The van der Waals surface area contributed by atoms with Gasteiger partial charge in [0.15, 0.2) is 0 Å². The van der Waals surface area contributed by atoms with Crippen molar-refractivity contribution in [1.29, 1.82) is 0 Å². The highest BCUT2D eigenvalue weighted by atomic mass is 16.5. The van der Waals surface area contributed by atoms with Gasteiger partial charge in [-0.05, 0) is 35.9 Å². The summed E-state index contributed by atoms with van der Waals surface area (Å²) < 4.78 is 10.8. The molecule has 5 nitrogen and oxygen atoms in total. The normalized spacial score (nSPS) is 13.0. The zero-order valence-electron chi connectivity index (χ0n) is 11.1. The maximum Gasteiger partial charge on any atom is 0.258 e. The number of fused-ring (bicyclic) bond motifs is 1. The van der Waals surface area contributed by atoms with Crippen LogP contribution in [0.2, 0.25) is 0 Å². The zero-order chi connectivity index (χ0) is 14.2. The maximum atomic E-state index is 9.50. The monoisotopic (exact) mass is 280 g/mol. The van der Waals surface area contributed by atoms with Gasteiger partial charge in [0.1, 0.15) is 11.5 Å². The number of hydrogen-bond acceptors (Lipinski definition) is 5. The summed E-state index contributed by atoms with van der Waals surface area (Å²) in [5.41, 5.74) is 2.75. The Morgan fingerprint density at radius 2 is 2.00 bits per heavy atom. The molecule has 1 aromatic heterocycles. The predicted octanol–water partition coefficient (Wildman–Crippen LogP) is 3.04. The van der Waals surface area contributed by atoms with E-state index in [1.165, 1.54) is 0 Å². The number of aromatic hydroxyl groups is 1. The first-order valence-electron chi connectivity index (χ1n) is 6.69. The molecule has 1 aliphatic rings. The summed E-state index contributed by atoms with van der Waals surface area (Å²) in [7, 11) is 0. The second-order valence-corrected chi connectivity index (χ2v) is 4.89. The lowest BCUT2D eigenvalue weighted by Gasteiger charge is -1.99. The number of ether oxygens (including phenoxy) is 1. The molecule has 0 fully saturated rings. The van der Waals surface area contributed by atoms with Crippen molar-refractivity contribution in [3.8, 4) is 34.3 Å². The Kier molecular flexibility index (Phi) is 2.64. The molecule has 0 atom stereocenters. The first kappa shape index (κ1) is 12.0. The molecule has 0 saturated heterocycles. The van der Waals surface area contributed by atoms with Crippen molar-refractivity contribution < 1.29 is 14.4 Å². The number of rotatable bonds is 2. The Bertz CT molecular complexity index is 811. The van der Waals surface area contributed by atoms with Crippen molar-refractivity contribution >= 4 is 0 Å². The number of benzene rings is 2. The molecule has 5 heteroatoms. The van der Waals surface area contributed by atoms with Crippen molar-refractivity contribution in [3.05, 3.63) is 48.0 Å². The minimum atomic E-state index is 0.175. The Morgan fingerprint density at radius 1 is 1.05 bits per heavy atom. The van der Waals surface area contributed by atoms with Crippen LogP contribution in [0.1, 0.15) is 5.56 Å². The number of phenols is 1. The molecule has 3 aromatic rings. The van der Waals surface area contributed by atoms with Crippen LogP contribution < -0.4 is 4.74 Å². The highest BCUT2D eigenvalue weighted by molar-refractivity contribution is 5.62. The Hall–Kier alpha value is -2.82. The molecular weight excluding hydrogens is 268 g/mol. The molecule has 1 aliphatic heterocycles. The average Bonchev–Trinajstić information content (AvgIpc) is 3.15. The van der Waals surface area contributed by atoms with E-state index in [2.05, 4.69) is 10.1 Å². The topological polar surface area (TPSA) is 68.4 Å². The molecule has 0 amide bonds. The average molecular weight is 280 g/mol. The van der Waals surface area contributed by atoms with Crippen LogP contribution >= 0.6 is 0 Å². The minimum absolute atomic E-state index is 0.175. The van der Waals surface area contributed by atoms with Crippen LogP contribution in [0.5, 0.6) is 11.5 Å². The fourth-order valence-electron chi connectivity index (χ4n) is 2.42. The maximum absolute atomic E-state index is 9.50. The lowest BCUT2D eigenvalue weighted by atomic mass is 10.1. The van der Waals surface area contributed by atoms with E-state index in [-0.39, 0.29) is 5.75 Å². The van der Waals surface area contributed by atoms with Gasteiger partial charge >= 0.3 is 0 Å². The molecule has 2 aromatic carbocycles. The van der Waals surface area contributed by atoms with Gasteiger partial charge in [-0.1, -0.05) is 17.3 Å². The van der Waals surface area contributed by atoms with Gasteiger partial charge < -0.3 is 14.4 Å². The summed E-state index contributed by atoms with van der Waals surface area (Å²) in [5, 5.41) is 13.5. The van der Waals surface area contributed by atoms with Gasteiger partial charge in [0.2, 0.25) is 5.82 Å². The van der Waals surface area contributed by atoms with Crippen molar-refractivity contribution in [1.82, 2.24) is 10.1 Å². The van der Waals surface area contributed by atoms with E-state index in [1.54, 1.807) is 18.2 Å². The highest BCUT2D eigenvalue weighted by Gasteiger charge is 2.16. The van der Waals surface area contributed by atoms with E-state index in [0.717, 1.165) is 35.5 Å². The Labute approximate surface area is 120 Å². The molecule has 0 aliphatic carbocycles. The quantitative estimate of drug-likeness (QED) is 0.781. The minimum Gasteiger partial charge on any atom is -0.508 e. The van der Waals surface area contributed by atoms with E-state index < -0.39 is 0 Å². The van der Waals surface area contributed by atoms with E-state index in [1.807, 2.05) is 24.3 Å². The molecule has 0 saturated carbocycles. The van der Waals surface area contributed by atoms with Gasteiger partial charge in [-0.25, -0.2) is 0 Å². The van der Waals surface area contributed by atoms with Crippen LogP contribution in [0.3, 0.4) is 0 Å². The van der Waals surface area contributed by atoms with E-state index in [4.69, 9.17) is 9.26 Å². The van der Waals surface area contributed by atoms with E-state index >= 15 is 0 Å². The highest BCUT2D eigenvalue weighted by Crippen LogP contribution is 2.30.